The number of aryl methyl sites for hydroxylation is 1. The average molecular weight is 391 g/mol. The number of aromatic nitrogens is 1. The number of hydrogen-bond donors (Lipinski definition) is 1. The molecule has 1 aliphatic heterocycles. The number of rotatable bonds is 5. The second-order valence-corrected chi connectivity index (χ2v) is 7.36. The lowest BCUT2D eigenvalue weighted by Crippen LogP contribution is -2.29. The average Bonchev–Trinajstić information content (AvgIpc) is 3.27. The molecule has 6 heteroatoms. The number of anilines is 1. The summed E-state index contributed by atoms with van der Waals surface area (Å²) in [5.41, 5.74) is 4.41. The van der Waals surface area contributed by atoms with Gasteiger partial charge < -0.3 is 24.0 Å². The maximum absolute atomic E-state index is 9.92. The lowest BCUT2D eigenvalue weighted by Gasteiger charge is -2.20. The minimum atomic E-state index is -0.906. The first-order chi connectivity index (χ1) is 14.0. The summed E-state index contributed by atoms with van der Waals surface area (Å²) in [6.07, 6.45) is -0.818. The highest BCUT2D eigenvalue weighted by atomic mass is 16.6. The molecule has 1 saturated heterocycles. The molecule has 1 unspecified atom stereocenters. The number of benzene rings is 2. The van der Waals surface area contributed by atoms with Crippen LogP contribution in [0.4, 0.5) is 5.69 Å². The Kier molecular flexibility index (Phi) is 5.18. The molecule has 0 saturated carbocycles. The van der Waals surface area contributed by atoms with Crippen LogP contribution in [-0.2, 0) is 11.3 Å². The molecule has 0 amide bonds. The van der Waals surface area contributed by atoms with Crippen molar-refractivity contribution in [3.05, 3.63) is 48.0 Å². The number of hydrogen-bond acceptors (Lipinski definition) is 5. The third-order valence-corrected chi connectivity index (χ3v) is 5.17. The molecule has 1 fully saturated rings. The van der Waals surface area contributed by atoms with Crippen molar-refractivity contribution in [2.45, 2.75) is 39.8 Å². The predicted octanol–water partition coefficient (Wildman–Crippen LogP) is 4.10. The smallest absolute Gasteiger partial charge is 0.238 e. The van der Waals surface area contributed by atoms with Gasteiger partial charge in [-0.1, -0.05) is 12.1 Å². The van der Waals surface area contributed by atoms with Gasteiger partial charge in [0.05, 0.1) is 29.5 Å². The molecule has 0 spiro atoms. The van der Waals surface area contributed by atoms with E-state index >= 15 is 0 Å². The fourth-order valence-electron chi connectivity index (χ4n) is 3.94. The summed E-state index contributed by atoms with van der Waals surface area (Å²) in [5.74, 6) is 0.800. The lowest BCUT2D eigenvalue weighted by molar-refractivity contribution is -0.0573. The van der Waals surface area contributed by atoms with E-state index in [1.54, 1.807) is 4.90 Å². The lowest BCUT2D eigenvalue weighted by atomic mass is 10.1. The van der Waals surface area contributed by atoms with E-state index in [-0.39, 0.29) is 6.10 Å². The number of aliphatic hydroxyl groups excluding tert-OH is 1. The molecule has 0 aliphatic carbocycles. The summed E-state index contributed by atoms with van der Waals surface area (Å²) < 4.78 is 13.2. The molecule has 1 aliphatic rings. The molecule has 3 aromatic rings. The van der Waals surface area contributed by atoms with Gasteiger partial charge in [-0.15, -0.1) is 0 Å². The van der Waals surface area contributed by atoms with Crippen LogP contribution in [0.5, 0.6) is 5.75 Å². The van der Waals surface area contributed by atoms with Crippen molar-refractivity contribution in [3.8, 4) is 23.1 Å². The number of aliphatic hydroxyl groups is 1. The van der Waals surface area contributed by atoms with E-state index in [4.69, 9.17) is 9.47 Å². The third-order valence-electron chi connectivity index (χ3n) is 5.17. The number of fused-ring (bicyclic) bond motifs is 1. The zero-order chi connectivity index (χ0) is 20.5. The highest BCUT2D eigenvalue weighted by Crippen LogP contribution is 2.36. The first-order valence-electron chi connectivity index (χ1n) is 9.93. The molecule has 4 rings (SSSR count). The van der Waals surface area contributed by atoms with Crippen LogP contribution < -0.4 is 9.64 Å². The van der Waals surface area contributed by atoms with Crippen LogP contribution in [0.2, 0.25) is 0 Å². The Balaban J connectivity index is 1.81. The topological polar surface area (TPSA) is 70.6 Å². The number of ether oxygens (including phenoxy) is 2. The van der Waals surface area contributed by atoms with E-state index in [2.05, 4.69) is 17.6 Å². The normalized spacial score (nSPS) is 16.6. The van der Waals surface area contributed by atoms with Gasteiger partial charge in [0.15, 0.2) is 0 Å². The fraction of sp³-hybridized carbons (Fsp3) is 0.348. The van der Waals surface area contributed by atoms with Gasteiger partial charge in [-0.3, -0.25) is 0 Å². The van der Waals surface area contributed by atoms with Crippen LogP contribution >= 0.6 is 0 Å². The summed E-state index contributed by atoms with van der Waals surface area (Å²) in [5, 5.41) is 20.8. The molecule has 1 atom stereocenters. The van der Waals surface area contributed by atoms with Gasteiger partial charge in [0, 0.05) is 30.2 Å². The first kappa shape index (κ1) is 19.3. The van der Waals surface area contributed by atoms with Gasteiger partial charge >= 0.3 is 0 Å². The van der Waals surface area contributed by atoms with Gasteiger partial charge in [-0.05, 0) is 50.6 Å². The SMILES string of the molecule is CCn1c(-c2ccc(N3CCOC3O)cc2)c(C#N)c2ccc(OC(C)C)cc21. The number of nitrogens with zero attached hydrogens (tertiary/aromatic N) is 3. The van der Waals surface area contributed by atoms with Crippen molar-refractivity contribution < 1.29 is 14.6 Å². The van der Waals surface area contributed by atoms with E-state index in [0.717, 1.165) is 40.1 Å². The van der Waals surface area contributed by atoms with Crippen LogP contribution in [0.25, 0.3) is 22.2 Å². The highest BCUT2D eigenvalue weighted by Gasteiger charge is 2.24. The van der Waals surface area contributed by atoms with Crippen LogP contribution in [0, 0.1) is 11.3 Å². The van der Waals surface area contributed by atoms with E-state index in [1.165, 1.54) is 0 Å². The maximum Gasteiger partial charge on any atom is 0.238 e. The van der Waals surface area contributed by atoms with Crippen molar-refractivity contribution >= 4 is 16.6 Å². The maximum atomic E-state index is 9.92. The summed E-state index contributed by atoms with van der Waals surface area (Å²) in [7, 11) is 0. The standard InChI is InChI=1S/C23H25N3O3/c1-4-25-21-13-18(29-15(2)3)9-10-19(21)20(14-24)22(25)16-5-7-17(8-6-16)26-11-12-28-23(26)27/h5-10,13,15,23,27H,4,11-12H2,1-3H3. The Morgan fingerprint density at radius 1 is 1.24 bits per heavy atom. The van der Waals surface area contributed by atoms with E-state index < -0.39 is 6.41 Å². The fourth-order valence-corrected chi connectivity index (χ4v) is 3.94. The van der Waals surface area contributed by atoms with Crippen LogP contribution in [0.15, 0.2) is 42.5 Å². The van der Waals surface area contributed by atoms with Crippen LogP contribution in [0.1, 0.15) is 26.3 Å². The molecule has 29 heavy (non-hydrogen) atoms. The molecular formula is C23H25N3O3. The van der Waals surface area contributed by atoms with Crippen molar-refractivity contribution in [3.63, 3.8) is 0 Å². The van der Waals surface area contributed by atoms with Gasteiger partial charge in [0.1, 0.15) is 11.8 Å². The Morgan fingerprint density at radius 3 is 2.59 bits per heavy atom. The minimum absolute atomic E-state index is 0.0878. The van der Waals surface area contributed by atoms with Gasteiger partial charge in [0.2, 0.25) is 6.41 Å². The summed E-state index contributed by atoms with van der Waals surface area (Å²) in [4.78, 5) is 1.81. The summed E-state index contributed by atoms with van der Waals surface area (Å²) >= 11 is 0. The second-order valence-electron chi connectivity index (χ2n) is 7.36. The van der Waals surface area contributed by atoms with Crippen molar-refractivity contribution in [2.24, 2.45) is 0 Å². The Morgan fingerprint density at radius 2 is 2.00 bits per heavy atom. The first-order valence-corrected chi connectivity index (χ1v) is 9.93. The van der Waals surface area contributed by atoms with Gasteiger partial charge in [0.25, 0.3) is 0 Å². The molecule has 2 aromatic carbocycles. The van der Waals surface area contributed by atoms with Crippen LogP contribution in [-0.4, -0.2) is 35.3 Å². The number of nitriles is 1. The molecule has 6 nitrogen and oxygen atoms in total. The molecule has 0 radical (unpaired) electrons. The van der Waals surface area contributed by atoms with Crippen LogP contribution in [0.3, 0.4) is 0 Å². The van der Waals surface area contributed by atoms with E-state index in [9.17, 15) is 10.4 Å². The zero-order valence-electron chi connectivity index (χ0n) is 16.9. The quantitative estimate of drug-likeness (QED) is 0.709. The second kappa shape index (κ2) is 7.78. The monoisotopic (exact) mass is 391 g/mol. The molecule has 0 bridgehead atoms. The molecule has 2 heterocycles. The Labute approximate surface area is 170 Å². The Hall–Kier alpha value is -3.01. The highest BCUT2D eigenvalue weighted by molar-refractivity contribution is 5.95. The van der Waals surface area contributed by atoms with Crippen molar-refractivity contribution in [2.75, 3.05) is 18.1 Å². The molecule has 150 valence electrons. The van der Waals surface area contributed by atoms with Gasteiger partial charge in [-0.25, -0.2) is 0 Å². The summed E-state index contributed by atoms with van der Waals surface area (Å²) in [6.45, 7) is 7.97. The van der Waals surface area contributed by atoms with Gasteiger partial charge in [-0.2, -0.15) is 5.26 Å². The van der Waals surface area contributed by atoms with Crippen molar-refractivity contribution in [1.82, 2.24) is 4.57 Å². The summed E-state index contributed by atoms with van der Waals surface area (Å²) in [6, 6.07) is 16.2. The molecular weight excluding hydrogens is 366 g/mol. The van der Waals surface area contributed by atoms with Crippen molar-refractivity contribution in [1.29, 1.82) is 5.26 Å². The van der Waals surface area contributed by atoms with E-state index in [1.807, 2.05) is 56.3 Å². The predicted molar refractivity (Wildman–Crippen MR) is 113 cm³/mol. The Bertz CT molecular complexity index is 1060. The molecule has 1 aromatic heterocycles. The third kappa shape index (κ3) is 3.44. The molecule has 1 N–H and O–H groups in total. The largest absolute Gasteiger partial charge is 0.491 e. The van der Waals surface area contributed by atoms with E-state index in [0.29, 0.717) is 18.7 Å². The zero-order valence-corrected chi connectivity index (χ0v) is 16.9. The minimum Gasteiger partial charge on any atom is -0.491 e.